The Hall–Kier alpha value is -0.270. The summed E-state index contributed by atoms with van der Waals surface area (Å²) in [6.45, 7) is 6.60. The van der Waals surface area contributed by atoms with Gasteiger partial charge < -0.3 is 0 Å². The fourth-order valence-corrected chi connectivity index (χ4v) is 4.43. The molecular formula is C11H16BrF2NO2S. The van der Waals surface area contributed by atoms with Crippen molar-refractivity contribution in [3.8, 4) is 0 Å². The zero-order valence-electron chi connectivity index (χ0n) is 10.6. The molecule has 7 heteroatoms. The van der Waals surface area contributed by atoms with Crippen LogP contribution in [0.5, 0.6) is 0 Å². The molecule has 2 unspecified atom stereocenters. The minimum atomic E-state index is -4.09. The topological polar surface area (TPSA) is 60.2 Å². The Morgan fingerprint density at radius 3 is 2.17 bits per heavy atom. The number of primary sulfonamides is 1. The Labute approximate surface area is 114 Å². The van der Waals surface area contributed by atoms with E-state index in [0.717, 1.165) is 0 Å². The molecule has 1 rings (SSSR count). The van der Waals surface area contributed by atoms with E-state index in [1.165, 1.54) is 6.92 Å². The SMILES string of the molecule is CC(C)(C)C1(C)C(F)=C(F)C=C(S(N)(=O)=O)C1Br. The molecule has 1 aliphatic carbocycles. The third kappa shape index (κ3) is 2.28. The first-order chi connectivity index (χ1) is 7.83. The second kappa shape index (κ2) is 4.38. The molecule has 104 valence electrons. The van der Waals surface area contributed by atoms with Gasteiger partial charge >= 0.3 is 0 Å². The zero-order valence-corrected chi connectivity index (χ0v) is 13.0. The largest absolute Gasteiger partial charge is 0.235 e. The predicted octanol–water partition coefficient (Wildman–Crippen LogP) is 3.14. The van der Waals surface area contributed by atoms with Crippen molar-refractivity contribution in [2.24, 2.45) is 16.0 Å². The lowest BCUT2D eigenvalue weighted by atomic mass is 9.63. The first-order valence-corrected chi connectivity index (χ1v) is 7.74. The van der Waals surface area contributed by atoms with E-state index >= 15 is 0 Å². The standard InChI is InChI=1S/C11H16BrF2NO2S/c1-10(2,3)11(4)8(12)7(18(15,16)17)5-6(13)9(11)14/h5,8H,1-4H3,(H2,15,16,17). The average molecular weight is 344 g/mol. The molecule has 0 aromatic rings. The second-order valence-corrected chi connectivity index (χ2v) is 8.05. The molecule has 1 aliphatic rings. The maximum atomic E-state index is 14.1. The summed E-state index contributed by atoms with van der Waals surface area (Å²) < 4.78 is 50.6. The molecule has 0 heterocycles. The van der Waals surface area contributed by atoms with Gasteiger partial charge in [0.1, 0.15) is 5.83 Å². The molecule has 2 N–H and O–H groups in total. The van der Waals surface area contributed by atoms with Crippen molar-refractivity contribution in [3.05, 3.63) is 22.6 Å². The lowest BCUT2D eigenvalue weighted by Crippen LogP contribution is -2.46. The number of hydrogen-bond donors (Lipinski definition) is 1. The summed E-state index contributed by atoms with van der Waals surface area (Å²) in [4.78, 5) is -1.27. The van der Waals surface area contributed by atoms with Gasteiger partial charge in [-0.25, -0.2) is 22.3 Å². The molecule has 2 atom stereocenters. The van der Waals surface area contributed by atoms with E-state index in [1.807, 2.05) is 0 Å². The maximum absolute atomic E-state index is 14.1. The van der Waals surface area contributed by atoms with Gasteiger partial charge in [-0.1, -0.05) is 43.6 Å². The molecule has 0 saturated carbocycles. The van der Waals surface area contributed by atoms with Gasteiger partial charge in [0, 0.05) is 5.41 Å². The van der Waals surface area contributed by atoms with Crippen LogP contribution in [0, 0.1) is 10.8 Å². The van der Waals surface area contributed by atoms with Crippen molar-refractivity contribution < 1.29 is 17.2 Å². The summed E-state index contributed by atoms with van der Waals surface area (Å²) in [6, 6.07) is 0. The number of rotatable bonds is 1. The van der Waals surface area contributed by atoms with Crippen molar-refractivity contribution in [1.82, 2.24) is 0 Å². The van der Waals surface area contributed by atoms with Gasteiger partial charge in [-0.2, -0.15) is 0 Å². The molecular weight excluding hydrogens is 328 g/mol. The monoisotopic (exact) mass is 343 g/mol. The molecule has 0 fully saturated rings. The van der Waals surface area contributed by atoms with Gasteiger partial charge in [-0.05, 0) is 11.5 Å². The van der Waals surface area contributed by atoms with Crippen LogP contribution in [0.1, 0.15) is 27.7 Å². The molecule has 0 amide bonds. The lowest BCUT2D eigenvalue weighted by molar-refractivity contribution is 0.123. The summed E-state index contributed by atoms with van der Waals surface area (Å²) in [5.74, 6) is -2.16. The molecule has 3 nitrogen and oxygen atoms in total. The minimum absolute atomic E-state index is 0.348. The molecule has 18 heavy (non-hydrogen) atoms. The quantitative estimate of drug-likeness (QED) is 0.743. The number of halogens is 3. The Morgan fingerprint density at radius 1 is 1.39 bits per heavy atom. The second-order valence-electron chi connectivity index (χ2n) is 5.57. The highest BCUT2D eigenvalue weighted by atomic mass is 79.9. The summed E-state index contributed by atoms with van der Waals surface area (Å²) in [5.41, 5.74) is -2.04. The Morgan fingerprint density at radius 2 is 1.83 bits per heavy atom. The van der Waals surface area contributed by atoms with Gasteiger partial charge in [0.2, 0.25) is 10.0 Å². The Balaban J connectivity index is 3.59. The van der Waals surface area contributed by atoms with Gasteiger partial charge in [-0.3, -0.25) is 0 Å². The molecule has 0 spiro atoms. The summed E-state index contributed by atoms with van der Waals surface area (Å²) >= 11 is 3.15. The lowest BCUT2D eigenvalue weighted by Gasteiger charge is -2.46. The number of nitrogens with two attached hydrogens (primary N) is 1. The van der Waals surface area contributed by atoms with Crippen LogP contribution in [0.4, 0.5) is 8.78 Å². The van der Waals surface area contributed by atoms with E-state index in [1.54, 1.807) is 20.8 Å². The highest BCUT2D eigenvalue weighted by Crippen LogP contribution is 2.56. The van der Waals surface area contributed by atoms with E-state index in [2.05, 4.69) is 15.9 Å². The molecule has 0 radical (unpaired) electrons. The van der Waals surface area contributed by atoms with Crippen molar-refractivity contribution in [3.63, 3.8) is 0 Å². The van der Waals surface area contributed by atoms with E-state index < -0.39 is 37.3 Å². The van der Waals surface area contributed by atoms with Crippen LogP contribution in [-0.4, -0.2) is 13.2 Å². The summed E-state index contributed by atoms with van der Waals surface area (Å²) in [5, 5.41) is 5.03. The normalized spacial score (nSPS) is 30.4. The Bertz CT molecular complexity index is 534. The third-order valence-electron chi connectivity index (χ3n) is 3.58. The van der Waals surface area contributed by atoms with Crippen LogP contribution in [0.25, 0.3) is 0 Å². The van der Waals surface area contributed by atoms with Crippen LogP contribution < -0.4 is 5.14 Å². The number of sulfonamides is 1. The van der Waals surface area contributed by atoms with Gasteiger partial charge in [0.25, 0.3) is 0 Å². The molecule has 0 saturated heterocycles. The summed E-state index contributed by atoms with van der Waals surface area (Å²) in [6.07, 6.45) is 0.636. The van der Waals surface area contributed by atoms with E-state index in [4.69, 9.17) is 5.14 Å². The van der Waals surface area contributed by atoms with Crippen molar-refractivity contribution >= 4 is 26.0 Å². The van der Waals surface area contributed by atoms with Crippen molar-refractivity contribution in [1.29, 1.82) is 0 Å². The van der Waals surface area contributed by atoms with Gasteiger partial charge in [-0.15, -0.1) is 0 Å². The number of alkyl halides is 1. The molecule has 0 aromatic carbocycles. The first kappa shape index (κ1) is 15.8. The smallest absolute Gasteiger partial charge is 0.225 e. The summed E-state index contributed by atoms with van der Waals surface area (Å²) in [7, 11) is -4.09. The molecule has 0 aliphatic heterocycles. The van der Waals surface area contributed by atoms with Crippen LogP contribution >= 0.6 is 15.9 Å². The molecule has 0 aromatic heterocycles. The highest BCUT2D eigenvalue weighted by Gasteiger charge is 2.53. The van der Waals surface area contributed by atoms with Gasteiger partial charge in [0.05, 0.1) is 9.73 Å². The van der Waals surface area contributed by atoms with Crippen LogP contribution in [0.15, 0.2) is 22.6 Å². The van der Waals surface area contributed by atoms with Crippen LogP contribution in [0.2, 0.25) is 0 Å². The van der Waals surface area contributed by atoms with Crippen molar-refractivity contribution in [2.45, 2.75) is 32.5 Å². The fraction of sp³-hybridized carbons (Fsp3) is 0.636. The third-order valence-corrected chi connectivity index (χ3v) is 6.30. The average Bonchev–Trinajstić information content (AvgIpc) is 2.17. The first-order valence-electron chi connectivity index (χ1n) is 5.27. The van der Waals surface area contributed by atoms with E-state index in [0.29, 0.717) is 6.08 Å². The van der Waals surface area contributed by atoms with Crippen LogP contribution in [-0.2, 0) is 10.0 Å². The number of hydrogen-bond acceptors (Lipinski definition) is 2. The fourth-order valence-electron chi connectivity index (χ4n) is 1.84. The van der Waals surface area contributed by atoms with Crippen molar-refractivity contribution in [2.75, 3.05) is 0 Å². The maximum Gasteiger partial charge on any atom is 0.235 e. The number of allylic oxidation sites excluding steroid dienone is 4. The highest BCUT2D eigenvalue weighted by molar-refractivity contribution is 9.09. The minimum Gasteiger partial charge on any atom is -0.225 e. The van der Waals surface area contributed by atoms with Gasteiger partial charge in [0.15, 0.2) is 5.83 Å². The zero-order chi connectivity index (χ0) is 14.5. The van der Waals surface area contributed by atoms with Crippen LogP contribution in [0.3, 0.4) is 0 Å². The van der Waals surface area contributed by atoms with E-state index in [9.17, 15) is 17.2 Å². The molecule has 0 bridgehead atoms. The predicted molar refractivity (Wildman–Crippen MR) is 70.7 cm³/mol. The Kier molecular flexibility index (Phi) is 3.84. The van der Waals surface area contributed by atoms with E-state index in [-0.39, 0.29) is 4.91 Å².